The molecule has 1 heterocycles. The van der Waals surface area contributed by atoms with Gasteiger partial charge < -0.3 is 26.4 Å². The van der Waals surface area contributed by atoms with E-state index in [4.69, 9.17) is 10.5 Å². The number of carbonyl (C=O) groups is 4. The lowest BCUT2D eigenvalue weighted by molar-refractivity contribution is -0.135. The Morgan fingerprint density at radius 1 is 0.878 bits per heavy atom. The van der Waals surface area contributed by atoms with Gasteiger partial charge in [-0.1, -0.05) is 106 Å². The highest BCUT2D eigenvalue weighted by molar-refractivity contribution is 5.98. The third kappa shape index (κ3) is 11.1. The van der Waals surface area contributed by atoms with Gasteiger partial charge in [0.2, 0.25) is 17.7 Å². The first-order chi connectivity index (χ1) is 23.5. The van der Waals surface area contributed by atoms with Crippen molar-refractivity contribution >= 4 is 23.5 Å². The van der Waals surface area contributed by atoms with E-state index in [-0.39, 0.29) is 24.5 Å². The maximum atomic E-state index is 14.0. The van der Waals surface area contributed by atoms with Crippen molar-refractivity contribution in [2.45, 2.75) is 115 Å². The van der Waals surface area contributed by atoms with Gasteiger partial charge in [0.1, 0.15) is 23.7 Å². The average Bonchev–Trinajstić information content (AvgIpc) is 3.87. The van der Waals surface area contributed by atoms with E-state index in [0.29, 0.717) is 25.5 Å². The van der Waals surface area contributed by atoms with E-state index in [1.807, 2.05) is 68.4 Å². The molecule has 4 rings (SSSR count). The van der Waals surface area contributed by atoms with E-state index in [9.17, 15) is 24.7 Å². The number of hydrogen-bond donors (Lipinski definition) is 4. The molecule has 49 heavy (non-hydrogen) atoms. The highest BCUT2D eigenvalue weighted by atomic mass is 16.6. The largest absolute Gasteiger partial charge is 0.361 e. The van der Waals surface area contributed by atoms with Crippen molar-refractivity contribution in [2.75, 3.05) is 6.61 Å². The predicted molar refractivity (Wildman–Crippen MR) is 187 cm³/mol. The first kappa shape index (κ1) is 37.6. The number of nitrogens with one attached hydrogen (secondary N) is 3. The van der Waals surface area contributed by atoms with Crippen molar-refractivity contribution in [3.8, 4) is 0 Å². The van der Waals surface area contributed by atoms with Gasteiger partial charge in [0.05, 0.1) is 12.6 Å². The van der Waals surface area contributed by atoms with Gasteiger partial charge in [-0.2, -0.15) is 0 Å². The summed E-state index contributed by atoms with van der Waals surface area (Å²) in [4.78, 5) is 57.7. The summed E-state index contributed by atoms with van der Waals surface area (Å²) in [6.07, 6.45) is 7.45. The van der Waals surface area contributed by atoms with E-state index in [1.54, 1.807) is 6.92 Å². The summed E-state index contributed by atoms with van der Waals surface area (Å²) < 4.78 is 5.45. The molecule has 2 aromatic rings. The summed E-state index contributed by atoms with van der Waals surface area (Å²) >= 11 is 0. The lowest BCUT2D eigenvalue weighted by Gasteiger charge is -2.29. The second-order valence-corrected chi connectivity index (χ2v) is 14.0. The van der Waals surface area contributed by atoms with Gasteiger partial charge in [-0.25, -0.2) is 0 Å². The van der Waals surface area contributed by atoms with Crippen LogP contribution in [-0.4, -0.2) is 59.9 Å². The molecule has 264 valence electrons. The molecule has 0 radical (unpaired) electrons. The molecule has 1 saturated carbocycles. The van der Waals surface area contributed by atoms with Crippen LogP contribution in [0.1, 0.15) is 82.4 Å². The number of hydrogen-bond acceptors (Lipinski definition) is 7. The van der Waals surface area contributed by atoms with Crippen LogP contribution >= 0.6 is 0 Å². The Bertz CT molecular complexity index is 1470. The van der Waals surface area contributed by atoms with Gasteiger partial charge in [-0.15, -0.1) is 0 Å². The summed E-state index contributed by atoms with van der Waals surface area (Å²) in [5.74, 6) is -1.63. The predicted octanol–water partition coefficient (Wildman–Crippen LogP) is 4.44. The fourth-order valence-electron chi connectivity index (χ4n) is 6.43. The monoisotopic (exact) mass is 673 g/mol. The second kappa shape index (κ2) is 17.9. The lowest BCUT2D eigenvalue weighted by atomic mass is 9.84. The first-order valence-electron chi connectivity index (χ1n) is 17.5. The molecule has 12 nitrogen and oxygen atoms in total. The van der Waals surface area contributed by atoms with Gasteiger partial charge in [0, 0.05) is 17.9 Å². The van der Waals surface area contributed by atoms with Crippen LogP contribution in [0, 0.1) is 11.8 Å². The summed E-state index contributed by atoms with van der Waals surface area (Å²) in [6.45, 7) is 6.04. The fourth-order valence-corrected chi connectivity index (χ4v) is 6.43. The smallest absolute Gasteiger partial charge is 0.243 e. The molecular formula is C37H51N7O5. The molecule has 3 amide bonds. The molecule has 12 heteroatoms. The number of amides is 3. The number of rotatable bonds is 18. The van der Waals surface area contributed by atoms with Gasteiger partial charge in [-0.3, -0.25) is 19.2 Å². The fraction of sp³-hybridized carbons (Fsp3) is 0.568. The van der Waals surface area contributed by atoms with Gasteiger partial charge in [-0.05, 0) is 60.2 Å². The summed E-state index contributed by atoms with van der Waals surface area (Å²) in [6, 6.07) is 12.6. The molecule has 5 N–H and O–H groups in total. The highest BCUT2D eigenvalue weighted by Crippen LogP contribution is 2.32. The van der Waals surface area contributed by atoms with Gasteiger partial charge in [0.25, 0.3) is 0 Å². The Morgan fingerprint density at radius 3 is 2.08 bits per heavy atom. The van der Waals surface area contributed by atoms with Crippen molar-refractivity contribution in [2.24, 2.45) is 22.7 Å². The Hall–Kier alpha value is -4.25. The van der Waals surface area contributed by atoms with Crippen molar-refractivity contribution in [3.63, 3.8) is 0 Å². The Labute approximate surface area is 288 Å². The van der Waals surface area contributed by atoms with Crippen molar-refractivity contribution in [3.05, 3.63) is 81.7 Å². The number of epoxide rings is 1. The second-order valence-electron chi connectivity index (χ2n) is 14.0. The minimum atomic E-state index is -1.10. The quantitative estimate of drug-likeness (QED) is 0.0782. The highest BCUT2D eigenvalue weighted by Gasteiger charge is 2.50. The maximum Gasteiger partial charge on any atom is 0.243 e. The zero-order chi connectivity index (χ0) is 35.4. The molecule has 0 spiro atoms. The van der Waals surface area contributed by atoms with E-state index in [1.165, 1.54) is 19.3 Å². The Balaban J connectivity index is 1.51. The minimum Gasteiger partial charge on any atom is -0.361 e. The van der Waals surface area contributed by atoms with E-state index < -0.39 is 47.5 Å². The van der Waals surface area contributed by atoms with E-state index in [0.717, 1.165) is 36.0 Å². The molecule has 0 aromatic heterocycles. The molecule has 1 aliphatic heterocycles. The molecular weight excluding hydrogens is 622 g/mol. The zero-order valence-electron chi connectivity index (χ0n) is 28.9. The SMILES string of the molecule is CC(C)[C@H](NC(=O)[C@H](Cc1ccc(CN)cc1)NC(=O)C(Cc1ccccc1)N=[N+]=[N-])C(=O)N[C@@H](CCC1CCCCC1)C(=O)[C@@]1(C)CO1. The third-order valence-electron chi connectivity index (χ3n) is 9.66. The number of ketones is 1. The topological polar surface area (TPSA) is 192 Å². The van der Waals surface area contributed by atoms with Crippen LogP contribution in [0.15, 0.2) is 59.7 Å². The van der Waals surface area contributed by atoms with Crippen molar-refractivity contribution in [1.82, 2.24) is 16.0 Å². The molecule has 1 aliphatic carbocycles. The van der Waals surface area contributed by atoms with Crippen LogP contribution in [-0.2, 0) is 43.3 Å². The number of carbonyl (C=O) groups excluding carboxylic acids is 4. The van der Waals surface area contributed by atoms with Crippen LogP contribution in [0.25, 0.3) is 10.4 Å². The van der Waals surface area contributed by atoms with Crippen molar-refractivity contribution < 1.29 is 23.9 Å². The molecule has 1 saturated heterocycles. The number of azide groups is 1. The molecule has 2 aliphatic rings. The summed E-state index contributed by atoms with van der Waals surface area (Å²) in [5.41, 5.74) is 16.5. The Morgan fingerprint density at radius 2 is 1.49 bits per heavy atom. The first-order valence-corrected chi connectivity index (χ1v) is 17.5. The zero-order valence-corrected chi connectivity index (χ0v) is 28.9. The van der Waals surface area contributed by atoms with Crippen LogP contribution in [0.3, 0.4) is 0 Å². The number of ether oxygens (including phenoxy) is 1. The summed E-state index contributed by atoms with van der Waals surface area (Å²) in [5, 5.41) is 12.3. The normalized spacial score (nSPS) is 19.9. The standard InChI is InChI=1S/C37H51N7O5/c1-24(2)32(36(48)40-29(33(45)37(3)23-49-37)19-18-25-10-6-4-7-11-25)42-34(46)30(20-27-14-16-28(22-38)17-15-27)41-35(47)31(43-44-39)21-26-12-8-5-9-13-26/h5,8-9,12-17,24-25,29-32H,4,6-7,10-11,18-23,38H2,1-3H3,(H,40,48)(H,41,47)(H,42,46)/t29-,30-,31?,32-,37+/m0/s1. The Kier molecular flexibility index (Phi) is 13.8. The van der Waals surface area contributed by atoms with E-state index >= 15 is 0 Å². The molecule has 5 atom stereocenters. The number of Topliss-reactive ketones (excluding diaryl/α,β-unsaturated/α-hetero) is 1. The van der Waals surface area contributed by atoms with Crippen LogP contribution in [0.4, 0.5) is 0 Å². The van der Waals surface area contributed by atoms with Crippen LogP contribution < -0.4 is 21.7 Å². The van der Waals surface area contributed by atoms with E-state index in [2.05, 4.69) is 26.0 Å². The average molecular weight is 674 g/mol. The van der Waals surface area contributed by atoms with Crippen LogP contribution in [0.5, 0.6) is 0 Å². The van der Waals surface area contributed by atoms with Gasteiger partial charge >= 0.3 is 0 Å². The molecule has 1 unspecified atom stereocenters. The van der Waals surface area contributed by atoms with Crippen LogP contribution in [0.2, 0.25) is 0 Å². The molecule has 0 bridgehead atoms. The maximum absolute atomic E-state index is 14.0. The molecule has 2 fully saturated rings. The number of benzene rings is 2. The third-order valence-corrected chi connectivity index (χ3v) is 9.66. The molecule has 2 aromatic carbocycles. The lowest BCUT2D eigenvalue weighted by Crippen LogP contribution is -2.59. The van der Waals surface area contributed by atoms with Gasteiger partial charge in [0.15, 0.2) is 5.78 Å². The summed E-state index contributed by atoms with van der Waals surface area (Å²) in [7, 11) is 0. The van der Waals surface area contributed by atoms with Crippen molar-refractivity contribution in [1.29, 1.82) is 0 Å². The number of nitrogens with zero attached hydrogens (tertiary/aromatic N) is 3. The minimum absolute atomic E-state index is 0.112. The number of nitrogens with two attached hydrogens (primary N) is 1.